The largest absolute Gasteiger partial charge is 0.346 e. The fourth-order valence-electron chi connectivity index (χ4n) is 1.28. The van der Waals surface area contributed by atoms with Gasteiger partial charge in [0.1, 0.15) is 5.65 Å². The summed E-state index contributed by atoms with van der Waals surface area (Å²) >= 11 is 0. The zero-order valence-electron chi connectivity index (χ0n) is 7.48. The lowest BCUT2D eigenvalue weighted by Gasteiger charge is -2.02. The number of aromatic amines is 1. The molecule has 0 atom stereocenters. The molecule has 0 saturated heterocycles. The Balaban J connectivity index is 2.81. The smallest absolute Gasteiger partial charge is 0.241 e. The highest BCUT2D eigenvalue weighted by Crippen LogP contribution is 2.19. The maximum Gasteiger partial charge on any atom is 0.241 e. The number of sulfonamides is 1. The third-order valence-electron chi connectivity index (χ3n) is 1.98. The van der Waals surface area contributed by atoms with Crippen molar-refractivity contribution in [3.05, 3.63) is 24.5 Å². The average molecular weight is 211 g/mol. The SMILES string of the molecule is CNS(=O)(=O)c1ccnc2[nH]ccc12. The molecule has 0 aliphatic heterocycles. The molecule has 0 bridgehead atoms. The first kappa shape index (κ1) is 9.17. The van der Waals surface area contributed by atoms with Gasteiger partial charge in [-0.15, -0.1) is 0 Å². The summed E-state index contributed by atoms with van der Waals surface area (Å²) in [7, 11) is -2.02. The second kappa shape index (κ2) is 3.07. The average Bonchev–Trinajstić information content (AvgIpc) is 2.64. The van der Waals surface area contributed by atoms with E-state index in [2.05, 4.69) is 14.7 Å². The molecular weight excluding hydrogens is 202 g/mol. The van der Waals surface area contributed by atoms with Crippen molar-refractivity contribution in [1.29, 1.82) is 0 Å². The summed E-state index contributed by atoms with van der Waals surface area (Å²) in [5.41, 5.74) is 0.571. The van der Waals surface area contributed by atoms with Gasteiger partial charge in [-0.2, -0.15) is 0 Å². The van der Waals surface area contributed by atoms with Gasteiger partial charge in [0.05, 0.1) is 4.90 Å². The van der Waals surface area contributed by atoms with Crippen LogP contribution in [0.1, 0.15) is 0 Å². The van der Waals surface area contributed by atoms with Crippen LogP contribution >= 0.6 is 0 Å². The molecule has 0 amide bonds. The van der Waals surface area contributed by atoms with Gasteiger partial charge in [0.2, 0.25) is 10.0 Å². The highest BCUT2D eigenvalue weighted by Gasteiger charge is 2.15. The summed E-state index contributed by atoms with van der Waals surface area (Å²) in [5, 5.41) is 0.599. The first-order chi connectivity index (χ1) is 6.65. The summed E-state index contributed by atoms with van der Waals surface area (Å²) in [4.78, 5) is 7.10. The van der Waals surface area contributed by atoms with Crippen LogP contribution in [0.15, 0.2) is 29.4 Å². The molecule has 74 valence electrons. The summed E-state index contributed by atoms with van der Waals surface area (Å²) in [5.74, 6) is 0. The summed E-state index contributed by atoms with van der Waals surface area (Å²) in [6, 6.07) is 3.16. The fraction of sp³-hybridized carbons (Fsp3) is 0.125. The maximum atomic E-state index is 11.6. The topological polar surface area (TPSA) is 74.8 Å². The normalized spacial score (nSPS) is 12.1. The Morgan fingerprint density at radius 3 is 2.93 bits per heavy atom. The Labute approximate surface area is 81.2 Å². The van der Waals surface area contributed by atoms with Gasteiger partial charge in [-0.05, 0) is 19.2 Å². The number of fused-ring (bicyclic) bond motifs is 1. The van der Waals surface area contributed by atoms with Crippen molar-refractivity contribution in [2.75, 3.05) is 7.05 Å². The molecule has 0 spiro atoms. The van der Waals surface area contributed by atoms with Crippen molar-refractivity contribution in [3.8, 4) is 0 Å². The molecule has 0 saturated carbocycles. The minimum absolute atomic E-state index is 0.242. The number of aromatic nitrogens is 2. The molecule has 5 nitrogen and oxygen atoms in total. The van der Waals surface area contributed by atoms with Crippen molar-refractivity contribution in [3.63, 3.8) is 0 Å². The van der Waals surface area contributed by atoms with E-state index < -0.39 is 10.0 Å². The van der Waals surface area contributed by atoms with Gasteiger partial charge in [0, 0.05) is 17.8 Å². The standard InChI is InChI=1S/C8H9N3O2S/c1-9-14(12,13)7-3-5-11-8-6(7)2-4-10-8/h2-5,9H,1H3,(H,10,11). The van der Waals surface area contributed by atoms with Crippen molar-refractivity contribution in [2.24, 2.45) is 0 Å². The summed E-state index contributed by atoms with van der Waals surface area (Å²) in [6.07, 6.45) is 3.12. The minimum atomic E-state index is -3.40. The van der Waals surface area contributed by atoms with Crippen LogP contribution in [0, 0.1) is 0 Å². The number of hydrogen-bond acceptors (Lipinski definition) is 3. The third-order valence-corrected chi connectivity index (χ3v) is 3.45. The Bertz CT molecular complexity index is 559. The van der Waals surface area contributed by atoms with Crippen LogP contribution in [0.3, 0.4) is 0 Å². The molecule has 2 aromatic rings. The zero-order chi connectivity index (χ0) is 10.2. The van der Waals surface area contributed by atoms with Crippen LogP contribution < -0.4 is 4.72 Å². The van der Waals surface area contributed by atoms with Crippen LogP contribution in [0.25, 0.3) is 11.0 Å². The Morgan fingerprint density at radius 1 is 1.43 bits per heavy atom. The lowest BCUT2D eigenvalue weighted by molar-refractivity contribution is 0.589. The Morgan fingerprint density at radius 2 is 2.21 bits per heavy atom. The van der Waals surface area contributed by atoms with Crippen molar-refractivity contribution >= 4 is 21.1 Å². The Hall–Kier alpha value is -1.40. The molecule has 0 radical (unpaired) electrons. The molecule has 2 rings (SSSR count). The predicted molar refractivity (Wildman–Crippen MR) is 52.3 cm³/mol. The predicted octanol–water partition coefficient (Wildman–Crippen LogP) is 0.471. The van der Waals surface area contributed by atoms with Crippen LogP contribution in [-0.2, 0) is 10.0 Å². The molecule has 2 N–H and O–H groups in total. The summed E-state index contributed by atoms with van der Waals surface area (Å²) in [6.45, 7) is 0. The minimum Gasteiger partial charge on any atom is -0.346 e. The first-order valence-corrected chi connectivity index (χ1v) is 5.49. The lowest BCUT2D eigenvalue weighted by atomic mass is 10.3. The van der Waals surface area contributed by atoms with Crippen molar-refractivity contribution in [1.82, 2.24) is 14.7 Å². The van der Waals surface area contributed by atoms with E-state index in [0.29, 0.717) is 11.0 Å². The molecule has 0 unspecified atom stereocenters. The maximum absolute atomic E-state index is 11.6. The van der Waals surface area contributed by atoms with Gasteiger partial charge >= 0.3 is 0 Å². The van der Waals surface area contributed by atoms with E-state index in [-0.39, 0.29) is 4.90 Å². The molecule has 14 heavy (non-hydrogen) atoms. The first-order valence-electron chi connectivity index (χ1n) is 4.01. The van der Waals surface area contributed by atoms with E-state index >= 15 is 0 Å². The highest BCUT2D eigenvalue weighted by molar-refractivity contribution is 7.89. The van der Waals surface area contributed by atoms with E-state index in [1.807, 2.05) is 0 Å². The number of pyridine rings is 1. The number of nitrogens with zero attached hydrogens (tertiary/aromatic N) is 1. The monoisotopic (exact) mass is 211 g/mol. The van der Waals surface area contributed by atoms with Crippen LogP contribution in [0.4, 0.5) is 0 Å². The van der Waals surface area contributed by atoms with E-state index in [1.165, 1.54) is 19.3 Å². The number of H-pyrrole nitrogens is 1. The van der Waals surface area contributed by atoms with Gasteiger partial charge in [-0.3, -0.25) is 0 Å². The van der Waals surface area contributed by atoms with Crippen molar-refractivity contribution < 1.29 is 8.42 Å². The number of hydrogen-bond donors (Lipinski definition) is 2. The van der Waals surface area contributed by atoms with Gasteiger partial charge in [-0.25, -0.2) is 18.1 Å². The number of nitrogens with one attached hydrogen (secondary N) is 2. The third kappa shape index (κ3) is 1.28. The lowest BCUT2D eigenvalue weighted by Crippen LogP contribution is -2.18. The molecular formula is C8H9N3O2S. The van der Waals surface area contributed by atoms with Gasteiger partial charge < -0.3 is 4.98 Å². The van der Waals surface area contributed by atoms with Crippen LogP contribution in [-0.4, -0.2) is 25.4 Å². The molecule has 0 aliphatic rings. The van der Waals surface area contributed by atoms with Gasteiger partial charge in [-0.1, -0.05) is 0 Å². The molecule has 2 heterocycles. The van der Waals surface area contributed by atoms with E-state index in [0.717, 1.165) is 0 Å². The van der Waals surface area contributed by atoms with E-state index in [1.54, 1.807) is 12.3 Å². The second-order valence-corrected chi connectivity index (χ2v) is 4.61. The molecule has 0 aromatic carbocycles. The van der Waals surface area contributed by atoms with Gasteiger partial charge in [0.25, 0.3) is 0 Å². The summed E-state index contributed by atoms with van der Waals surface area (Å²) < 4.78 is 25.4. The molecule has 2 aromatic heterocycles. The fourth-order valence-corrected chi connectivity index (χ4v) is 2.19. The van der Waals surface area contributed by atoms with Crippen LogP contribution in [0.5, 0.6) is 0 Å². The molecule has 0 aliphatic carbocycles. The van der Waals surface area contributed by atoms with Crippen molar-refractivity contribution in [2.45, 2.75) is 4.90 Å². The zero-order valence-corrected chi connectivity index (χ0v) is 8.30. The number of rotatable bonds is 2. The second-order valence-electron chi connectivity index (χ2n) is 2.76. The highest BCUT2D eigenvalue weighted by atomic mass is 32.2. The Kier molecular flexibility index (Phi) is 2.01. The quantitative estimate of drug-likeness (QED) is 0.758. The van der Waals surface area contributed by atoms with E-state index in [9.17, 15) is 8.42 Å². The van der Waals surface area contributed by atoms with Crippen LogP contribution in [0.2, 0.25) is 0 Å². The molecule has 0 fully saturated rings. The molecule has 6 heteroatoms. The van der Waals surface area contributed by atoms with E-state index in [4.69, 9.17) is 0 Å². The van der Waals surface area contributed by atoms with Gasteiger partial charge in [0.15, 0.2) is 0 Å².